The third kappa shape index (κ3) is 13.8. The zero-order chi connectivity index (χ0) is 52.9. The molecule has 1 aromatic rings. The van der Waals surface area contributed by atoms with Gasteiger partial charge in [-0.05, 0) is 84.4 Å². The Morgan fingerprint density at radius 2 is 1.79 bits per heavy atom. The Labute approximate surface area is 426 Å². The van der Waals surface area contributed by atoms with Crippen LogP contribution < -0.4 is 20.7 Å². The summed E-state index contributed by atoms with van der Waals surface area (Å²) in [6.45, 7) is 15.9. The lowest BCUT2D eigenvalue weighted by Gasteiger charge is -2.45. The van der Waals surface area contributed by atoms with Crippen LogP contribution in [0.3, 0.4) is 0 Å². The highest BCUT2D eigenvalue weighted by Crippen LogP contribution is 2.55. The van der Waals surface area contributed by atoms with Crippen molar-refractivity contribution in [2.75, 3.05) is 39.0 Å². The first-order chi connectivity index (χ1) is 32.3. The highest BCUT2D eigenvalue weighted by molar-refractivity contribution is 8.77. The van der Waals surface area contributed by atoms with Crippen LogP contribution in [-0.2, 0) is 54.7 Å². The first-order valence-corrected chi connectivity index (χ1v) is 27.5. The number of nitrogens with zero attached hydrogens (tertiary/aromatic N) is 2. The Hall–Kier alpha value is -3.41. The second-order valence-electron chi connectivity index (χ2n) is 20.0. The number of likely N-dealkylation sites (N-methyl/N-ethyl adjacent to an activating group) is 1. The average molecular weight is 1060 g/mol. The molecule has 394 valence electrons. The van der Waals surface area contributed by atoms with Crippen LogP contribution in [0.25, 0.3) is 0 Å². The first-order valence-electron chi connectivity index (χ1n) is 23.3. The predicted molar refractivity (Wildman–Crippen MR) is 271 cm³/mol. The van der Waals surface area contributed by atoms with Gasteiger partial charge in [0.15, 0.2) is 11.5 Å². The lowest BCUT2D eigenvalue weighted by Crippen LogP contribution is -2.65. The van der Waals surface area contributed by atoms with E-state index in [0.29, 0.717) is 24.3 Å². The number of ketones is 1. The third-order valence-electron chi connectivity index (χ3n) is 14.0. The standard InChI is InChI=1S/C48H73ClN4O14S3/c1-14-47(50,15-2)40(56)33(70(60,61)62)20-22-68-69-44(5,6)21-19-37(54)52(10)29(4)41(57)65-35-26-38(55)53(11)31-24-30(25-32(63-12)39(31)49)23-28(3)17-16-18-34(64-13)48(59)27-36(66-43(58)51-48)45(7,8)42-46(35,9)67-42/h16-18,24-25,29,33-36,42,59H,14-15,19-23,26-27,50H2,1-13H3,(H,51,58)(H,60,61,62)/b18-16+,28-17+/t29-,33?,34+,35-,36-,42-,46-,48-/m0/s1. The van der Waals surface area contributed by atoms with Crippen LogP contribution >= 0.6 is 33.2 Å². The number of epoxide rings is 1. The maximum absolute atomic E-state index is 14.4. The minimum Gasteiger partial charge on any atom is -0.495 e. The van der Waals surface area contributed by atoms with Gasteiger partial charge in [0.1, 0.15) is 46.0 Å². The van der Waals surface area contributed by atoms with E-state index in [-0.39, 0.29) is 48.8 Å². The lowest BCUT2D eigenvalue weighted by atomic mass is 9.73. The van der Waals surface area contributed by atoms with E-state index in [0.717, 1.165) is 11.1 Å². The lowest BCUT2D eigenvalue weighted by molar-refractivity contribution is -0.162. The van der Waals surface area contributed by atoms with Gasteiger partial charge in [0, 0.05) is 50.0 Å². The molecule has 22 heteroatoms. The Morgan fingerprint density at radius 1 is 1.14 bits per heavy atom. The van der Waals surface area contributed by atoms with Gasteiger partial charge in [-0.2, -0.15) is 8.42 Å². The molecule has 0 spiro atoms. The van der Waals surface area contributed by atoms with Crippen molar-refractivity contribution in [3.8, 4) is 5.75 Å². The molecule has 1 aromatic carbocycles. The number of allylic oxidation sites excluding steroid dienone is 3. The van der Waals surface area contributed by atoms with Gasteiger partial charge in [-0.3, -0.25) is 24.3 Å². The number of ether oxygens (including phenoxy) is 5. The number of carbonyl (C=O) groups is 5. The van der Waals surface area contributed by atoms with Gasteiger partial charge in [0.25, 0.3) is 10.1 Å². The molecular weight excluding hydrogens is 988 g/mol. The van der Waals surface area contributed by atoms with E-state index in [2.05, 4.69) is 5.32 Å². The number of hydrogen-bond acceptors (Lipinski definition) is 16. The van der Waals surface area contributed by atoms with Crippen molar-refractivity contribution in [3.63, 3.8) is 0 Å². The highest BCUT2D eigenvalue weighted by atomic mass is 35.5. The van der Waals surface area contributed by atoms with Gasteiger partial charge in [-0.1, -0.05) is 84.7 Å². The van der Waals surface area contributed by atoms with Gasteiger partial charge < -0.3 is 44.3 Å². The number of fused-ring (bicyclic) bond motifs is 5. The number of nitrogens with one attached hydrogen (secondary N) is 1. The smallest absolute Gasteiger partial charge is 0.409 e. The molecule has 3 aliphatic heterocycles. The Balaban J connectivity index is 1.57. The second-order valence-corrected chi connectivity index (χ2v) is 25.1. The summed E-state index contributed by atoms with van der Waals surface area (Å²) in [5.74, 6) is -1.87. The number of anilines is 1. The first kappa shape index (κ1) is 59.2. The van der Waals surface area contributed by atoms with E-state index in [1.807, 2.05) is 26.8 Å². The van der Waals surface area contributed by atoms with Crippen LogP contribution in [0.5, 0.6) is 5.75 Å². The van der Waals surface area contributed by atoms with Crippen LogP contribution in [0.2, 0.25) is 5.02 Å². The van der Waals surface area contributed by atoms with Crippen molar-refractivity contribution in [1.29, 1.82) is 0 Å². The maximum atomic E-state index is 14.4. The molecular formula is C48H73ClN4O14S3. The summed E-state index contributed by atoms with van der Waals surface area (Å²) in [5.41, 5.74) is 2.51. The summed E-state index contributed by atoms with van der Waals surface area (Å²) in [7, 11) is 3.89. The molecule has 70 heavy (non-hydrogen) atoms. The predicted octanol–water partition coefficient (Wildman–Crippen LogP) is 6.58. The van der Waals surface area contributed by atoms with Crippen LogP contribution in [-0.4, -0.2) is 144 Å². The van der Waals surface area contributed by atoms with Crippen molar-refractivity contribution in [2.45, 2.75) is 171 Å². The fraction of sp³-hybridized carbons (Fsp3) is 0.688. The molecule has 5 N–H and O–H groups in total. The summed E-state index contributed by atoms with van der Waals surface area (Å²) in [6.07, 6.45) is 0.876. The van der Waals surface area contributed by atoms with E-state index < -0.39 is 103 Å². The van der Waals surface area contributed by atoms with Crippen LogP contribution in [0.15, 0.2) is 35.9 Å². The van der Waals surface area contributed by atoms with Gasteiger partial charge in [0.2, 0.25) is 11.8 Å². The van der Waals surface area contributed by atoms with Crippen molar-refractivity contribution in [1.82, 2.24) is 10.2 Å². The molecule has 4 rings (SSSR count). The molecule has 0 aromatic heterocycles. The third-order valence-corrected chi connectivity index (χ3v) is 18.9. The van der Waals surface area contributed by atoms with Crippen LogP contribution in [0.1, 0.15) is 113 Å². The number of methoxy groups -OCH3 is 2. The molecule has 2 saturated heterocycles. The molecule has 2 fully saturated rings. The Kier molecular flexibility index (Phi) is 19.6. The number of benzene rings is 1. The molecule has 1 unspecified atom stereocenters. The molecule has 0 aliphatic carbocycles. The Bertz CT molecular complexity index is 2290. The van der Waals surface area contributed by atoms with E-state index in [1.165, 1.54) is 59.6 Å². The van der Waals surface area contributed by atoms with E-state index in [4.69, 9.17) is 41.0 Å². The summed E-state index contributed by atoms with van der Waals surface area (Å²) in [5, 5.41) is 13.0. The minimum atomic E-state index is -4.70. The van der Waals surface area contributed by atoms with Crippen molar-refractivity contribution >= 4 is 78.7 Å². The van der Waals surface area contributed by atoms with E-state index in [9.17, 15) is 42.0 Å². The van der Waals surface area contributed by atoms with Crippen molar-refractivity contribution < 1.29 is 65.7 Å². The molecule has 3 heterocycles. The number of Topliss-reactive ketones (excluding diaryl/α,β-unsaturated/α-hetero) is 1. The number of esters is 1. The number of amides is 3. The zero-order valence-corrected chi connectivity index (χ0v) is 45.8. The SMILES string of the molecule is CCC(N)(CC)C(=O)C(CCSSC(C)(C)CCC(=O)N(C)[C@@H](C)C(=O)O[C@H]1CC(=O)N(C)c2cc(cc(OC)c2Cl)C/C(C)=C/C=C/[C@@H](OC)[C@@]2(O)C[C@H](OC(=O)N2)C(C)(C)[C@@H]2O[C@@]12C)S(=O)(=O)O. The number of nitrogens with two attached hydrogens (primary N) is 1. The number of hydrogen-bond donors (Lipinski definition) is 4. The van der Waals surface area contributed by atoms with Crippen LogP contribution in [0.4, 0.5) is 10.5 Å². The number of alkyl carbamates (subject to hydrolysis) is 1. The molecule has 18 nitrogen and oxygen atoms in total. The minimum absolute atomic E-state index is 0.0208. The highest BCUT2D eigenvalue weighted by Gasteiger charge is 2.68. The molecule has 4 bridgehead atoms. The van der Waals surface area contributed by atoms with Gasteiger partial charge in [-0.25, -0.2) is 9.59 Å². The van der Waals surface area contributed by atoms with Crippen molar-refractivity contribution in [2.24, 2.45) is 11.1 Å². The normalized spacial score (nSPS) is 27.4. The van der Waals surface area contributed by atoms with Crippen LogP contribution in [0, 0.1) is 5.41 Å². The summed E-state index contributed by atoms with van der Waals surface area (Å²) in [6, 6.07) is 2.41. The number of rotatable bonds is 18. The fourth-order valence-corrected chi connectivity index (χ4v) is 12.9. The number of halogens is 1. The van der Waals surface area contributed by atoms with E-state index >= 15 is 0 Å². The topological polar surface area (TPSA) is 254 Å². The average Bonchev–Trinajstić information content (AvgIpc) is 4.00. The molecule has 8 atom stereocenters. The maximum Gasteiger partial charge on any atom is 0.409 e. The number of carbonyl (C=O) groups excluding carboxylic acids is 5. The molecule has 3 amide bonds. The molecule has 0 radical (unpaired) electrons. The molecule has 3 aliphatic rings. The summed E-state index contributed by atoms with van der Waals surface area (Å²) < 4.78 is 63.5. The Morgan fingerprint density at radius 3 is 2.37 bits per heavy atom. The monoisotopic (exact) mass is 1060 g/mol. The number of aliphatic hydroxyl groups is 1. The second kappa shape index (κ2) is 23.2. The largest absolute Gasteiger partial charge is 0.495 e. The zero-order valence-electron chi connectivity index (χ0n) is 42.6. The summed E-state index contributed by atoms with van der Waals surface area (Å²) in [4.78, 5) is 71.1. The van der Waals surface area contributed by atoms with Gasteiger partial charge in [0.05, 0.1) is 30.9 Å². The van der Waals surface area contributed by atoms with Gasteiger partial charge >= 0.3 is 12.1 Å². The fourth-order valence-electron chi connectivity index (χ4n) is 8.83. The van der Waals surface area contributed by atoms with E-state index in [1.54, 1.807) is 66.0 Å². The molecule has 0 saturated carbocycles. The quantitative estimate of drug-likeness (QED) is 0.0398. The summed E-state index contributed by atoms with van der Waals surface area (Å²) >= 11 is 6.83. The van der Waals surface area contributed by atoms with Gasteiger partial charge in [-0.15, -0.1) is 0 Å². The van der Waals surface area contributed by atoms with Crippen molar-refractivity contribution in [3.05, 3.63) is 46.5 Å².